The molecule has 9 nitrogen and oxygen atoms in total. The minimum atomic E-state index is -3.02. The lowest BCUT2D eigenvalue weighted by Gasteiger charge is -2.24. The van der Waals surface area contributed by atoms with Gasteiger partial charge in [-0.1, -0.05) is 0 Å². The van der Waals surface area contributed by atoms with Gasteiger partial charge < -0.3 is 21.5 Å². The van der Waals surface area contributed by atoms with E-state index in [4.69, 9.17) is 10.8 Å². The molecule has 0 aromatic carbocycles. The Morgan fingerprint density at radius 1 is 1.24 bits per heavy atom. The number of aliphatic carboxylic acids is 1. The molecule has 3 amide bonds. The first-order valence-electron chi connectivity index (χ1n) is 6.48. The van der Waals surface area contributed by atoms with Crippen LogP contribution in [-0.4, -0.2) is 55.0 Å². The summed E-state index contributed by atoms with van der Waals surface area (Å²) < 4.78 is 22.5. The second-order valence-corrected chi connectivity index (χ2v) is 7.24. The van der Waals surface area contributed by atoms with Crippen LogP contribution >= 0.6 is 0 Å². The number of carbonyl (C=O) groups is 3. The second kappa shape index (κ2) is 7.25. The molecule has 0 radical (unpaired) electrons. The zero-order valence-corrected chi connectivity index (χ0v) is 12.2. The van der Waals surface area contributed by atoms with Gasteiger partial charge in [-0.3, -0.25) is 4.79 Å². The summed E-state index contributed by atoms with van der Waals surface area (Å²) >= 11 is 0. The van der Waals surface area contributed by atoms with Crippen molar-refractivity contribution in [2.75, 3.05) is 11.5 Å². The Kier molecular flexibility index (Phi) is 5.94. The van der Waals surface area contributed by atoms with E-state index in [9.17, 15) is 22.8 Å². The number of primary amides is 1. The van der Waals surface area contributed by atoms with E-state index in [0.29, 0.717) is 12.8 Å². The number of urea groups is 1. The first kappa shape index (κ1) is 17.2. The van der Waals surface area contributed by atoms with Crippen molar-refractivity contribution in [2.24, 2.45) is 5.73 Å². The van der Waals surface area contributed by atoms with Gasteiger partial charge in [0.05, 0.1) is 11.5 Å². The Balaban J connectivity index is 2.43. The van der Waals surface area contributed by atoms with Crippen molar-refractivity contribution in [3.63, 3.8) is 0 Å². The number of carboxylic acids is 1. The predicted octanol–water partition coefficient (Wildman–Crippen LogP) is -1.42. The lowest BCUT2D eigenvalue weighted by Crippen LogP contribution is -2.50. The van der Waals surface area contributed by atoms with Crippen LogP contribution in [0.2, 0.25) is 0 Å². The minimum Gasteiger partial charge on any atom is -0.480 e. The van der Waals surface area contributed by atoms with Crippen LogP contribution in [0.15, 0.2) is 0 Å². The number of sulfone groups is 1. The molecule has 1 heterocycles. The largest absolute Gasteiger partial charge is 0.480 e. The molecule has 0 unspecified atom stereocenters. The summed E-state index contributed by atoms with van der Waals surface area (Å²) in [5, 5.41) is 13.7. The normalized spacial score (nSPS) is 19.4. The molecule has 0 aliphatic carbocycles. The number of nitrogens with one attached hydrogen (secondary N) is 2. The zero-order chi connectivity index (χ0) is 16.0. The van der Waals surface area contributed by atoms with Crippen molar-refractivity contribution >= 4 is 27.7 Å². The van der Waals surface area contributed by atoms with E-state index >= 15 is 0 Å². The SMILES string of the molecule is NC(=O)CC[C@@H](NC(=O)NC1CCS(=O)(=O)CC1)C(=O)O. The molecule has 21 heavy (non-hydrogen) atoms. The van der Waals surface area contributed by atoms with Crippen molar-refractivity contribution in [3.8, 4) is 0 Å². The van der Waals surface area contributed by atoms with E-state index in [0.717, 1.165) is 0 Å². The summed E-state index contributed by atoms with van der Waals surface area (Å²) in [6, 6.07) is -2.22. The van der Waals surface area contributed by atoms with Gasteiger partial charge in [-0.25, -0.2) is 18.0 Å². The third-order valence-electron chi connectivity index (χ3n) is 3.17. The Morgan fingerprint density at radius 2 is 1.81 bits per heavy atom. The monoisotopic (exact) mass is 321 g/mol. The van der Waals surface area contributed by atoms with Crippen molar-refractivity contribution < 1.29 is 27.9 Å². The van der Waals surface area contributed by atoms with Crippen LogP contribution in [0.3, 0.4) is 0 Å². The van der Waals surface area contributed by atoms with Gasteiger partial charge in [0, 0.05) is 12.5 Å². The maximum Gasteiger partial charge on any atom is 0.326 e. The van der Waals surface area contributed by atoms with Crippen LogP contribution < -0.4 is 16.4 Å². The van der Waals surface area contributed by atoms with E-state index < -0.39 is 33.8 Å². The molecule has 1 fully saturated rings. The third-order valence-corrected chi connectivity index (χ3v) is 4.89. The van der Waals surface area contributed by atoms with Crippen molar-refractivity contribution in [1.82, 2.24) is 10.6 Å². The number of hydrogen-bond donors (Lipinski definition) is 4. The van der Waals surface area contributed by atoms with Crippen molar-refractivity contribution in [1.29, 1.82) is 0 Å². The lowest BCUT2D eigenvalue weighted by molar-refractivity contribution is -0.139. The maximum atomic E-state index is 11.7. The molecule has 1 aliphatic heterocycles. The fourth-order valence-corrected chi connectivity index (χ4v) is 3.46. The summed E-state index contributed by atoms with van der Waals surface area (Å²) in [4.78, 5) is 33.3. The standard InChI is InChI=1S/C11H19N3O6S/c12-9(15)2-1-8(10(16)17)14-11(18)13-7-3-5-21(19,20)6-4-7/h7-8H,1-6H2,(H2,12,15)(H,16,17)(H2,13,14,18)/t8-/m1/s1. The van der Waals surface area contributed by atoms with E-state index in [2.05, 4.69) is 10.6 Å². The van der Waals surface area contributed by atoms with Gasteiger partial charge in [0.15, 0.2) is 0 Å². The first-order chi connectivity index (χ1) is 9.69. The number of amides is 3. The quantitative estimate of drug-likeness (QED) is 0.470. The number of rotatable bonds is 6. The van der Waals surface area contributed by atoms with Crippen LogP contribution in [0.5, 0.6) is 0 Å². The number of hydrogen-bond acceptors (Lipinski definition) is 5. The molecule has 1 saturated heterocycles. The van der Waals surface area contributed by atoms with Gasteiger partial charge in [-0.05, 0) is 19.3 Å². The Bertz CT molecular complexity index is 504. The zero-order valence-electron chi connectivity index (χ0n) is 11.4. The molecule has 0 saturated carbocycles. The molecule has 1 rings (SSSR count). The van der Waals surface area contributed by atoms with E-state index in [1.54, 1.807) is 0 Å². The molecule has 1 aliphatic rings. The molecular formula is C11H19N3O6S. The third kappa shape index (κ3) is 6.43. The van der Waals surface area contributed by atoms with Gasteiger partial charge in [-0.15, -0.1) is 0 Å². The predicted molar refractivity (Wildman–Crippen MR) is 73.2 cm³/mol. The van der Waals surface area contributed by atoms with Crippen LogP contribution in [0, 0.1) is 0 Å². The fourth-order valence-electron chi connectivity index (χ4n) is 1.96. The summed E-state index contributed by atoms with van der Waals surface area (Å²) in [7, 11) is -3.02. The van der Waals surface area contributed by atoms with Gasteiger partial charge in [0.1, 0.15) is 15.9 Å². The highest BCUT2D eigenvalue weighted by molar-refractivity contribution is 7.91. The van der Waals surface area contributed by atoms with Crippen LogP contribution in [0.4, 0.5) is 4.79 Å². The van der Waals surface area contributed by atoms with Crippen LogP contribution in [-0.2, 0) is 19.4 Å². The molecule has 10 heteroatoms. The van der Waals surface area contributed by atoms with Gasteiger partial charge in [0.25, 0.3) is 0 Å². The molecule has 0 aromatic heterocycles. The minimum absolute atomic E-state index is 0.00197. The van der Waals surface area contributed by atoms with Crippen LogP contribution in [0.25, 0.3) is 0 Å². The highest BCUT2D eigenvalue weighted by Crippen LogP contribution is 2.12. The second-order valence-electron chi connectivity index (χ2n) is 4.94. The summed E-state index contributed by atoms with van der Waals surface area (Å²) in [5.41, 5.74) is 4.93. The molecule has 0 spiro atoms. The highest BCUT2D eigenvalue weighted by atomic mass is 32.2. The highest BCUT2D eigenvalue weighted by Gasteiger charge is 2.26. The topological polar surface area (TPSA) is 156 Å². The van der Waals surface area contributed by atoms with E-state index in [1.807, 2.05) is 0 Å². The summed E-state index contributed by atoms with van der Waals surface area (Å²) in [6.07, 6.45) is 0.347. The smallest absolute Gasteiger partial charge is 0.326 e. The van der Waals surface area contributed by atoms with Gasteiger partial charge in [-0.2, -0.15) is 0 Å². The Hall–Kier alpha value is -1.84. The Labute approximate surface area is 122 Å². The number of nitrogens with two attached hydrogens (primary N) is 1. The fraction of sp³-hybridized carbons (Fsp3) is 0.727. The number of carbonyl (C=O) groups excluding carboxylic acids is 2. The molecule has 5 N–H and O–H groups in total. The van der Waals surface area contributed by atoms with Crippen molar-refractivity contribution in [3.05, 3.63) is 0 Å². The van der Waals surface area contributed by atoms with Crippen LogP contribution in [0.1, 0.15) is 25.7 Å². The lowest BCUT2D eigenvalue weighted by atomic mass is 10.1. The average Bonchev–Trinajstić information content (AvgIpc) is 2.36. The Morgan fingerprint density at radius 3 is 2.29 bits per heavy atom. The molecule has 1 atom stereocenters. The van der Waals surface area contributed by atoms with Crippen molar-refractivity contribution in [2.45, 2.75) is 37.8 Å². The number of carboxylic acid groups (broad SMARTS) is 1. The van der Waals surface area contributed by atoms with Gasteiger partial charge >= 0.3 is 12.0 Å². The molecule has 120 valence electrons. The first-order valence-corrected chi connectivity index (χ1v) is 8.30. The summed E-state index contributed by atoms with van der Waals surface area (Å²) in [5.74, 6) is -1.91. The van der Waals surface area contributed by atoms with Gasteiger partial charge in [0.2, 0.25) is 5.91 Å². The molecule has 0 bridgehead atoms. The van der Waals surface area contributed by atoms with E-state index in [-0.39, 0.29) is 30.4 Å². The summed E-state index contributed by atoms with van der Waals surface area (Å²) in [6.45, 7) is 0. The van der Waals surface area contributed by atoms with E-state index in [1.165, 1.54) is 0 Å². The molecular weight excluding hydrogens is 302 g/mol. The maximum absolute atomic E-state index is 11.7. The average molecular weight is 321 g/mol. The molecule has 0 aromatic rings.